The van der Waals surface area contributed by atoms with Crippen LogP contribution in [0.4, 0.5) is 0 Å². The standard InChI is InChI=1S/C13H17ClN2O2/c1-2-10-7-9(8-12(14)15-10)13(18)16-5-3-11(17)4-6-16/h7-8,11,17H,2-6H2,1H3. The molecule has 0 radical (unpaired) electrons. The van der Waals surface area contributed by atoms with Gasteiger partial charge >= 0.3 is 0 Å². The maximum Gasteiger partial charge on any atom is 0.254 e. The van der Waals surface area contributed by atoms with E-state index in [0.717, 1.165) is 12.1 Å². The lowest BCUT2D eigenvalue weighted by molar-refractivity contribution is 0.0546. The second-order valence-corrected chi connectivity index (χ2v) is 4.93. The molecule has 4 nitrogen and oxygen atoms in total. The van der Waals surface area contributed by atoms with Crippen molar-refractivity contribution in [2.24, 2.45) is 0 Å². The van der Waals surface area contributed by atoms with E-state index in [1.165, 1.54) is 0 Å². The molecule has 1 aliphatic rings. The van der Waals surface area contributed by atoms with Gasteiger partial charge < -0.3 is 10.0 Å². The van der Waals surface area contributed by atoms with Crippen molar-refractivity contribution < 1.29 is 9.90 Å². The van der Waals surface area contributed by atoms with Gasteiger partial charge in [0.25, 0.3) is 5.91 Å². The number of carbonyl (C=O) groups is 1. The molecule has 98 valence electrons. The lowest BCUT2D eigenvalue weighted by Gasteiger charge is -2.29. The van der Waals surface area contributed by atoms with Crippen LogP contribution in [0.25, 0.3) is 0 Å². The Bertz CT molecular complexity index is 443. The number of nitrogens with zero attached hydrogens (tertiary/aromatic N) is 2. The fraction of sp³-hybridized carbons (Fsp3) is 0.538. The van der Waals surface area contributed by atoms with Gasteiger partial charge in [-0.3, -0.25) is 4.79 Å². The molecule has 1 aromatic rings. The van der Waals surface area contributed by atoms with Crippen molar-refractivity contribution in [3.05, 3.63) is 28.5 Å². The first-order valence-electron chi connectivity index (χ1n) is 6.24. The molecule has 1 aromatic heterocycles. The third-order valence-electron chi connectivity index (χ3n) is 3.21. The number of halogens is 1. The maximum atomic E-state index is 12.3. The first-order chi connectivity index (χ1) is 8.60. The first-order valence-corrected chi connectivity index (χ1v) is 6.61. The number of aliphatic hydroxyl groups is 1. The summed E-state index contributed by atoms with van der Waals surface area (Å²) in [5, 5.41) is 9.79. The Labute approximate surface area is 112 Å². The van der Waals surface area contributed by atoms with Crippen molar-refractivity contribution >= 4 is 17.5 Å². The summed E-state index contributed by atoms with van der Waals surface area (Å²) < 4.78 is 0. The fourth-order valence-electron chi connectivity index (χ4n) is 2.11. The highest BCUT2D eigenvalue weighted by Gasteiger charge is 2.22. The summed E-state index contributed by atoms with van der Waals surface area (Å²) >= 11 is 5.91. The topological polar surface area (TPSA) is 53.4 Å². The van der Waals surface area contributed by atoms with Crippen molar-refractivity contribution in [3.8, 4) is 0 Å². The highest BCUT2D eigenvalue weighted by Crippen LogP contribution is 2.17. The molecule has 0 atom stereocenters. The molecule has 0 spiro atoms. The summed E-state index contributed by atoms with van der Waals surface area (Å²) in [5.41, 5.74) is 1.41. The van der Waals surface area contributed by atoms with Gasteiger partial charge in [0.15, 0.2) is 0 Å². The highest BCUT2D eigenvalue weighted by molar-refractivity contribution is 6.29. The number of piperidine rings is 1. The van der Waals surface area contributed by atoms with E-state index in [4.69, 9.17) is 11.6 Å². The van der Waals surface area contributed by atoms with Gasteiger partial charge in [0.05, 0.1) is 6.10 Å². The van der Waals surface area contributed by atoms with Gasteiger partial charge in [-0.05, 0) is 31.4 Å². The van der Waals surface area contributed by atoms with Gasteiger partial charge in [-0.15, -0.1) is 0 Å². The molecule has 0 aromatic carbocycles. The number of hydrogen-bond donors (Lipinski definition) is 1. The van der Waals surface area contributed by atoms with E-state index < -0.39 is 0 Å². The van der Waals surface area contributed by atoms with Crippen molar-refractivity contribution in [1.82, 2.24) is 9.88 Å². The molecule has 5 heteroatoms. The van der Waals surface area contributed by atoms with E-state index in [9.17, 15) is 9.90 Å². The van der Waals surface area contributed by atoms with E-state index in [1.807, 2.05) is 6.92 Å². The summed E-state index contributed by atoms with van der Waals surface area (Å²) in [6.45, 7) is 3.17. The van der Waals surface area contributed by atoms with Gasteiger partial charge in [-0.25, -0.2) is 4.98 Å². The van der Waals surface area contributed by atoms with Gasteiger partial charge in [0.1, 0.15) is 5.15 Å². The van der Waals surface area contributed by atoms with Crippen LogP contribution >= 0.6 is 11.6 Å². The van der Waals surface area contributed by atoms with E-state index in [-0.39, 0.29) is 12.0 Å². The van der Waals surface area contributed by atoms with Crippen LogP contribution in [0.5, 0.6) is 0 Å². The van der Waals surface area contributed by atoms with Gasteiger partial charge in [0, 0.05) is 24.3 Å². The number of aromatic nitrogens is 1. The van der Waals surface area contributed by atoms with Crippen molar-refractivity contribution in [2.75, 3.05) is 13.1 Å². The van der Waals surface area contributed by atoms with Crippen LogP contribution < -0.4 is 0 Å². The van der Waals surface area contributed by atoms with Crippen molar-refractivity contribution in [3.63, 3.8) is 0 Å². The maximum absolute atomic E-state index is 12.3. The molecule has 0 aliphatic carbocycles. The summed E-state index contributed by atoms with van der Waals surface area (Å²) in [5.74, 6) is -0.0269. The van der Waals surface area contributed by atoms with Crippen molar-refractivity contribution in [2.45, 2.75) is 32.3 Å². The molecule has 2 heterocycles. The Kier molecular flexibility index (Phi) is 4.19. The molecule has 1 aliphatic heterocycles. The van der Waals surface area contributed by atoms with Crippen LogP contribution in [-0.4, -0.2) is 40.1 Å². The minimum absolute atomic E-state index is 0.0269. The Morgan fingerprint density at radius 1 is 1.50 bits per heavy atom. The minimum Gasteiger partial charge on any atom is -0.393 e. The third kappa shape index (κ3) is 3.00. The number of rotatable bonds is 2. The highest BCUT2D eigenvalue weighted by atomic mass is 35.5. The van der Waals surface area contributed by atoms with E-state index in [1.54, 1.807) is 17.0 Å². The van der Waals surface area contributed by atoms with Crippen LogP contribution in [0.3, 0.4) is 0 Å². The second-order valence-electron chi connectivity index (χ2n) is 4.55. The molecular formula is C13H17ClN2O2. The minimum atomic E-state index is -0.277. The normalized spacial score (nSPS) is 16.9. The zero-order chi connectivity index (χ0) is 13.1. The largest absolute Gasteiger partial charge is 0.393 e. The Morgan fingerprint density at radius 3 is 2.78 bits per heavy atom. The average Bonchev–Trinajstić information content (AvgIpc) is 2.38. The molecule has 0 bridgehead atoms. The Morgan fingerprint density at radius 2 is 2.17 bits per heavy atom. The number of pyridine rings is 1. The zero-order valence-corrected chi connectivity index (χ0v) is 11.2. The van der Waals surface area contributed by atoms with Crippen LogP contribution in [-0.2, 0) is 6.42 Å². The van der Waals surface area contributed by atoms with Crippen LogP contribution in [0.2, 0.25) is 5.15 Å². The quantitative estimate of drug-likeness (QED) is 0.834. The molecule has 1 saturated heterocycles. The lowest BCUT2D eigenvalue weighted by Crippen LogP contribution is -2.40. The number of amides is 1. The summed E-state index contributed by atoms with van der Waals surface area (Å²) in [7, 11) is 0. The molecule has 1 N–H and O–H groups in total. The molecule has 1 amide bonds. The van der Waals surface area contributed by atoms with E-state index in [2.05, 4.69) is 4.98 Å². The van der Waals surface area contributed by atoms with Gasteiger partial charge in [-0.1, -0.05) is 18.5 Å². The summed E-state index contributed by atoms with van der Waals surface area (Å²) in [6, 6.07) is 3.40. The number of aliphatic hydroxyl groups excluding tert-OH is 1. The Balaban J connectivity index is 2.15. The fourth-order valence-corrected chi connectivity index (χ4v) is 2.33. The lowest BCUT2D eigenvalue weighted by atomic mass is 10.1. The number of carbonyl (C=O) groups excluding carboxylic acids is 1. The van der Waals surface area contributed by atoms with E-state index in [0.29, 0.717) is 36.6 Å². The Hall–Kier alpha value is -1.13. The molecule has 2 rings (SSSR count). The smallest absolute Gasteiger partial charge is 0.254 e. The van der Waals surface area contributed by atoms with Crippen molar-refractivity contribution in [1.29, 1.82) is 0 Å². The molecule has 0 unspecified atom stereocenters. The van der Waals surface area contributed by atoms with Gasteiger partial charge in [-0.2, -0.15) is 0 Å². The number of aryl methyl sites for hydroxylation is 1. The average molecular weight is 269 g/mol. The molecule has 0 saturated carbocycles. The molecule has 1 fully saturated rings. The number of likely N-dealkylation sites (tertiary alicyclic amines) is 1. The molecule has 18 heavy (non-hydrogen) atoms. The monoisotopic (exact) mass is 268 g/mol. The van der Waals surface area contributed by atoms with Crippen LogP contribution in [0.1, 0.15) is 35.8 Å². The first kappa shape index (κ1) is 13.3. The van der Waals surface area contributed by atoms with Crippen LogP contribution in [0, 0.1) is 0 Å². The second kappa shape index (κ2) is 5.67. The molecular weight excluding hydrogens is 252 g/mol. The van der Waals surface area contributed by atoms with Gasteiger partial charge in [0.2, 0.25) is 0 Å². The summed E-state index contributed by atoms with van der Waals surface area (Å²) in [4.78, 5) is 18.2. The predicted octanol–water partition coefficient (Wildman–Crippen LogP) is 1.89. The zero-order valence-electron chi connectivity index (χ0n) is 10.4. The number of hydrogen-bond acceptors (Lipinski definition) is 3. The summed E-state index contributed by atoms with van der Waals surface area (Å²) in [6.07, 6.45) is 1.76. The predicted molar refractivity (Wildman–Crippen MR) is 69.8 cm³/mol. The third-order valence-corrected chi connectivity index (χ3v) is 3.40. The SMILES string of the molecule is CCc1cc(C(=O)N2CCC(O)CC2)cc(Cl)n1. The van der Waals surface area contributed by atoms with Crippen LogP contribution in [0.15, 0.2) is 12.1 Å². The van der Waals surface area contributed by atoms with E-state index >= 15 is 0 Å².